The number of rotatable bonds is 6. The van der Waals surface area contributed by atoms with E-state index in [0.29, 0.717) is 43.4 Å². The molecule has 0 unspecified atom stereocenters. The molecule has 1 aliphatic carbocycles. The molecule has 2 fully saturated rings. The van der Waals surface area contributed by atoms with Crippen LogP contribution < -0.4 is 5.69 Å². The second-order valence-electron chi connectivity index (χ2n) is 10.9. The summed E-state index contributed by atoms with van der Waals surface area (Å²) in [5.74, 6) is 0.536. The first-order valence-electron chi connectivity index (χ1n) is 13.5. The quantitative estimate of drug-likeness (QED) is 0.362. The van der Waals surface area contributed by atoms with E-state index >= 15 is 0 Å². The largest absolute Gasteiger partial charge is 0.418 e. The van der Waals surface area contributed by atoms with E-state index in [2.05, 4.69) is 15.1 Å². The first kappa shape index (κ1) is 25.9. The summed E-state index contributed by atoms with van der Waals surface area (Å²) in [7, 11) is 0. The minimum absolute atomic E-state index is 0.00922. The highest BCUT2D eigenvalue weighted by molar-refractivity contribution is 5.58. The summed E-state index contributed by atoms with van der Waals surface area (Å²) in [6, 6.07) is 8.75. The van der Waals surface area contributed by atoms with E-state index in [1.807, 2.05) is 38.2 Å². The van der Waals surface area contributed by atoms with Gasteiger partial charge in [0, 0.05) is 43.6 Å². The Morgan fingerprint density at radius 3 is 2.69 bits per heavy atom. The van der Waals surface area contributed by atoms with Gasteiger partial charge in [-0.05, 0) is 67.5 Å². The van der Waals surface area contributed by atoms with Gasteiger partial charge < -0.3 is 4.74 Å². The molecule has 6 rings (SSSR count). The maximum atomic E-state index is 14.2. The lowest BCUT2D eigenvalue weighted by atomic mass is 9.71. The van der Waals surface area contributed by atoms with E-state index < -0.39 is 17.4 Å². The molecule has 7 nitrogen and oxygen atoms in total. The van der Waals surface area contributed by atoms with Gasteiger partial charge in [-0.25, -0.2) is 4.79 Å². The van der Waals surface area contributed by atoms with E-state index in [-0.39, 0.29) is 17.5 Å². The molecular weight excluding hydrogens is 507 g/mol. The Morgan fingerprint density at radius 1 is 1.21 bits per heavy atom. The molecule has 1 aliphatic heterocycles. The summed E-state index contributed by atoms with van der Waals surface area (Å²) in [6.45, 7) is 6.06. The van der Waals surface area contributed by atoms with E-state index in [9.17, 15) is 18.0 Å². The van der Waals surface area contributed by atoms with E-state index in [1.165, 1.54) is 23.3 Å². The highest BCUT2D eigenvalue weighted by Gasteiger charge is 2.35. The molecule has 1 N–H and O–H groups in total. The van der Waals surface area contributed by atoms with Crippen LogP contribution in [0.15, 0.2) is 53.7 Å². The third-order valence-electron chi connectivity index (χ3n) is 8.17. The molecule has 1 saturated heterocycles. The molecule has 1 saturated carbocycles. The highest BCUT2D eigenvalue weighted by Crippen LogP contribution is 2.44. The van der Waals surface area contributed by atoms with Crippen LogP contribution in [0.1, 0.15) is 60.1 Å². The lowest BCUT2D eigenvalue weighted by molar-refractivity contribution is -0.136. The van der Waals surface area contributed by atoms with Crippen molar-refractivity contribution in [3.8, 4) is 5.69 Å². The molecule has 0 radical (unpaired) electrons. The summed E-state index contributed by atoms with van der Waals surface area (Å²) in [4.78, 5) is 15.6. The van der Waals surface area contributed by atoms with Gasteiger partial charge in [-0.15, -0.1) is 0 Å². The van der Waals surface area contributed by atoms with Gasteiger partial charge in [-0.1, -0.05) is 18.6 Å². The number of aromatic nitrogens is 4. The zero-order valence-corrected chi connectivity index (χ0v) is 22.0. The molecule has 4 heterocycles. The Hall–Kier alpha value is -3.37. The standard InChI is InChI=1S/C29H32F3N5O2/c1-18-13-33-34-27(18)26(21-5-3-6-21)22-7-4-8-23(12-22)36-17-25-24(29(30,31)32)11-20(16-37(25)28(36)38)15-35-9-10-39-19(2)14-35/h4,7-8,11-13,16-17,19,21,26H,3,5-6,9-10,14-15H2,1-2H3,(H,33,34)/t19-,26-/m1/s1. The van der Waals surface area contributed by atoms with Gasteiger partial charge >= 0.3 is 11.9 Å². The molecule has 1 aromatic carbocycles. The van der Waals surface area contributed by atoms with Crippen molar-refractivity contribution in [2.24, 2.45) is 5.92 Å². The van der Waals surface area contributed by atoms with Crippen molar-refractivity contribution < 1.29 is 17.9 Å². The van der Waals surface area contributed by atoms with E-state index in [0.717, 1.165) is 34.1 Å². The second-order valence-corrected chi connectivity index (χ2v) is 10.9. The number of halogens is 3. The van der Waals surface area contributed by atoms with Crippen LogP contribution in [-0.4, -0.2) is 49.9 Å². The topological polar surface area (TPSA) is 67.6 Å². The van der Waals surface area contributed by atoms with Crippen molar-refractivity contribution >= 4 is 5.52 Å². The molecule has 2 aliphatic rings. The second kappa shape index (κ2) is 9.98. The number of morpholine rings is 1. The fourth-order valence-electron chi connectivity index (χ4n) is 6.02. The molecular formula is C29H32F3N5O2. The summed E-state index contributed by atoms with van der Waals surface area (Å²) in [5.41, 5.74) is 2.63. The van der Waals surface area contributed by atoms with Crippen LogP contribution in [0.2, 0.25) is 0 Å². The molecule has 0 spiro atoms. The molecule has 0 bridgehead atoms. The Morgan fingerprint density at radius 2 is 2.03 bits per heavy atom. The van der Waals surface area contributed by atoms with Gasteiger partial charge in [0.2, 0.25) is 0 Å². The maximum absolute atomic E-state index is 14.2. The number of pyridine rings is 1. The zero-order chi connectivity index (χ0) is 27.3. The Balaban J connectivity index is 1.42. The molecule has 10 heteroatoms. The minimum atomic E-state index is -4.60. The lowest BCUT2D eigenvalue weighted by Crippen LogP contribution is -2.40. The van der Waals surface area contributed by atoms with Crippen molar-refractivity contribution in [1.29, 1.82) is 0 Å². The van der Waals surface area contributed by atoms with Gasteiger partial charge in [0.15, 0.2) is 0 Å². The fraction of sp³-hybridized carbons (Fsp3) is 0.448. The third kappa shape index (κ3) is 4.91. The van der Waals surface area contributed by atoms with Crippen molar-refractivity contribution in [2.45, 2.75) is 57.9 Å². The molecule has 4 aromatic rings. The van der Waals surface area contributed by atoms with Crippen LogP contribution >= 0.6 is 0 Å². The van der Waals surface area contributed by atoms with Crippen LogP contribution in [0.5, 0.6) is 0 Å². The van der Waals surface area contributed by atoms with Crippen LogP contribution in [0.25, 0.3) is 11.2 Å². The van der Waals surface area contributed by atoms with Crippen molar-refractivity contribution in [3.63, 3.8) is 0 Å². The number of nitrogens with zero attached hydrogens (tertiary/aromatic N) is 4. The number of hydrogen-bond donors (Lipinski definition) is 1. The highest BCUT2D eigenvalue weighted by atomic mass is 19.4. The van der Waals surface area contributed by atoms with Crippen molar-refractivity contribution in [2.75, 3.05) is 19.7 Å². The smallest absolute Gasteiger partial charge is 0.376 e. The number of fused-ring (bicyclic) bond motifs is 1. The summed E-state index contributed by atoms with van der Waals surface area (Å²) < 4.78 is 50.7. The summed E-state index contributed by atoms with van der Waals surface area (Å²) in [5, 5.41) is 7.37. The number of benzene rings is 1. The van der Waals surface area contributed by atoms with E-state index in [4.69, 9.17) is 4.74 Å². The van der Waals surface area contributed by atoms with Crippen molar-refractivity contribution in [3.05, 3.63) is 87.4 Å². The Labute approximate surface area is 224 Å². The summed E-state index contributed by atoms with van der Waals surface area (Å²) in [6.07, 6.45) is 3.44. The number of ether oxygens (including phenoxy) is 1. The van der Waals surface area contributed by atoms with Gasteiger partial charge in [-0.2, -0.15) is 18.3 Å². The fourth-order valence-corrected chi connectivity index (χ4v) is 6.02. The Kier molecular flexibility index (Phi) is 6.63. The number of aryl methyl sites for hydroxylation is 1. The maximum Gasteiger partial charge on any atom is 0.418 e. The number of imidazole rings is 1. The van der Waals surface area contributed by atoms with Crippen LogP contribution in [-0.2, 0) is 17.5 Å². The van der Waals surface area contributed by atoms with Gasteiger partial charge in [-0.3, -0.25) is 19.0 Å². The Bertz CT molecular complexity index is 1550. The monoisotopic (exact) mass is 539 g/mol. The molecule has 0 amide bonds. The van der Waals surface area contributed by atoms with Gasteiger partial charge in [0.05, 0.1) is 35.7 Å². The van der Waals surface area contributed by atoms with Gasteiger partial charge in [0.1, 0.15) is 0 Å². The van der Waals surface area contributed by atoms with Crippen LogP contribution in [0.4, 0.5) is 13.2 Å². The first-order chi connectivity index (χ1) is 18.7. The molecule has 2 atom stereocenters. The van der Waals surface area contributed by atoms with Crippen molar-refractivity contribution in [1.82, 2.24) is 24.1 Å². The number of hydrogen-bond acceptors (Lipinski definition) is 4. The number of alkyl halides is 3. The number of nitrogens with one attached hydrogen (secondary N) is 1. The average Bonchev–Trinajstić information content (AvgIpc) is 3.43. The zero-order valence-electron chi connectivity index (χ0n) is 22.0. The predicted octanol–water partition coefficient (Wildman–Crippen LogP) is 5.29. The summed E-state index contributed by atoms with van der Waals surface area (Å²) >= 11 is 0. The average molecular weight is 540 g/mol. The molecule has 206 valence electrons. The molecule has 3 aromatic heterocycles. The predicted molar refractivity (Wildman–Crippen MR) is 141 cm³/mol. The normalized spacial score (nSPS) is 19.9. The SMILES string of the molecule is Cc1cn[nH]c1[C@@H](c1cccc(-n2cc3c(C(F)(F)F)cc(CN4CCO[C@H](C)C4)cn3c2=O)c1)C1CCC1. The first-order valence-corrected chi connectivity index (χ1v) is 13.5. The minimum Gasteiger partial charge on any atom is -0.376 e. The third-order valence-corrected chi connectivity index (χ3v) is 8.17. The number of aromatic amines is 1. The number of H-pyrrole nitrogens is 1. The van der Waals surface area contributed by atoms with Gasteiger partial charge in [0.25, 0.3) is 0 Å². The van der Waals surface area contributed by atoms with Crippen LogP contribution in [0.3, 0.4) is 0 Å². The van der Waals surface area contributed by atoms with E-state index in [1.54, 1.807) is 12.3 Å². The lowest BCUT2D eigenvalue weighted by Gasteiger charge is -2.34. The van der Waals surface area contributed by atoms with Crippen LogP contribution in [0, 0.1) is 12.8 Å². The molecule has 39 heavy (non-hydrogen) atoms.